The van der Waals surface area contributed by atoms with Gasteiger partial charge in [0.15, 0.2) is 10.8 Å². The molecule has 0 amide bonds. The zero-order valence-corrected chi connectivity index (χ0v) is 9.54. The van der Waals surface area contributed by atoms with Crippen LogP contribution in [0.25, 0.3) is 10.3 Å². The summed E-state index contributed by atoms with van der Waals surface area (Å²) in [6.07, 6.45) is 1.64. The van der Waals surface area contributed by atoms with Crippen molar-refractivity contribution in [2.24, 2.45) is 0 Å². The van der Waals surface area contributed by atoms with Gasteiger partial charge in [-0.25, -0.2) is 4.98 Å². The Labute approximate surface area is 96.9 Å². The molecule has 1 fully saturated rings. The minimum atomic E-state index is 0.685. The number of nitrogens with zero attached hydrogens (tertiary/aromatic N) is 3. The molecule has 0 aliphatic carbocycles. The zero-order chi connectivity index (χ0) is 11.0. The molecule has 0 unspecified atom stereocenters. The molecule has 3 rings (SSSR count). The lowest BCUT2D eigenvalue weighted by molar-refractivity contribution is 0.122. The average Bonchev–Trinajstić information content (AvgIpc) is 2.73. The van der Waals surface area contributed by atoms with Gasteiger partial charge in [-0.1, -0.05) is 11.3 Å². The van der Waals surface area contributed by atoms with E-state index in [9.17, 15) is 0 Å². The van der Waals surface area contributed by atoms with Crippen molar-refractivity contribution in [2.45, 2.75) is 0 Å². The molecular formula is C10H12N4OS. The van der Waals surface area contributed by atoms with Crippen LogP contribution in [0.4, 0.5) is 10.8 Å². The monoisotopic (exact) mass is 236 g/mol. The van der Waals surface area contributed by atoms with Crippen molar-refractivity contribution in [3.05, 3.63) is 12.3 Å². The van der Waals surface area contributed by atoms with Crippen LogP contribution in [-0.4, -0.2) is 36.3 Å². The number of hydrogen-bond acceptors (Lipinski definition) is 6. The number of nitrogens with two attached hydrogens (primary N) is 1. The number of morpholine rings is 1. The van der Waals surface area contributed by atoms with Gasteiger partial charge >= 0.3 is 0 Å². The van der Waals surface area contributed by atoms with Crippen molar-refractivity contribution in [1.82, 2.24) is 9.97 Å². The predicted molar refractivity (Wildman–Crippen MR) is 64.9 cm³/mol. The topological polar surface area (TPSA) is 64.3 Å². The highest BCUT2D eigenvalue weighted by Gasteiger charge is 2.15. The van der Waals surface area contributed by atoms with Gasteiger partial charge < -0.3 is 15.4 Å². The molecule has 5 nitrogen and oxygen atoms in total. The van der Waals surface area contributed by atoms with E-state index in [1.807, 2.05) is 6.07 Å². The summed E-state index contributed by atoms with van der Waals surface area (Å²) in [7, 11) is 0. The van der Waals surface area contributed by atoms with E-state index in [0.29, 0.717) is 5.69 Å². The number of nitrogen functional groups attached to an aromatic ring is 1. The second-order valence-corrected chi connectivity index (χ2v) is 4.70. The largest absolute Gasteiger partial charge is 0.397 e. The van der Waals surface area contributed by atoms with Gasteiger partial charge in [0.1, 0.15) is 0 Å². The van der Waals surface area contributed by atoms with Crippen LogP contribution in [0.2, 0.25) is 0 Å². The molecule has 6 heteroatoms. The summed E-state index contributed by atoms with van der Waals surface area (Å²) < 4.78 is 6.36. The first-order chi connectivity index (χ1) is 7.83. The van der Waals surface area contributed by atoms with Crippen LogP contribution in [-0.2, 0) is 4.74 Å². The van der Waals surface area contributed by atoms with Crippen molar-refractivity contribution in [2.75, 3.05) is 36.9 Å². The first-order valence-electron chi connectivity index (χ1n) is 5.18. The second-order valence-electron chi connectivity index (χ2n) is 3.69. The Bertz CT molecular complexity index is 506. The minimum Gasteiger partial charge on any atom is -0.397 e. The van der Waals surface area contributed by atoms with Gasteiger partial charge in [0.25, 0.3) is 0 Å². The number of fused-ring (bicyclic) bond motifs is 1. The fourth-order valence-electron chi connectivity index (χ4n) is 1.71. The first-order valence-corrected chi connectivity index (χ1v) is 5.99. The van der Waals surface area contributed by atoms with Crippen molar-refractivity contribution in [3.63, 3.8) is 0 Å². The van der Waals surface area contributed by atoms with Gasteiger partial charge in [-0.05, 0) is 6.07 Å². The number of pyridine rings is 1. The third-order valence-corrected chi connectivity index (χ3v) is 3.59. The van der Waals surface area contributed by atoms with Gasteiger partial charge in [-0.2, -0.15) is 4.98 Å². The molecule has 84 valence electrons. The molecule has 1 aliphatic rings. The highest BCUT2D eigenvalue weighted by atomic mass is 32.1. The normalized spacial score (nSPS) is 16.9. The minimum absolute atomic E-state index is 0.685. The molecule has 0 radical (unpaired) electrons. The Kier molecular flexibility index (Phi) is 2.37. The van der Waals surface area contributed by atoms with E-state index < -0.39 is 0 Å². The van der Waals surface area contributed by atoms with E-state index in [1.54, 1.807) is 17.5 Å². The lowest BCUT2D eigenvalue weighted by Crippen LogP contribution is -2.36. The molecule has 0 aromatic carbocycles. The van der Waals surface area contributed by atoms with Crippen LogP contribution in [0, 0.1) is 0 Å². The molecule has 0 bridgehead atoms. The van der Waals surface area contributed by atoms with E-state index in [1.165, 1.54) is 0 Å². The summed E-state index contributed by atoms with van der Waals surface area (Å²) in [4.78, 5) is 10.9. The third-order valence-electron chi connectivity index (χ3n) is 2.54. The lowest BCUT2D eigenvalue weighted by Gasteiger charge is -2.25. The van der Waals surface area contributed by atoms with Crippen molar-refractivity contribution in [1.29, 1.82) is 0 Å². The van der Waals surface area contributed by atoms with Crippen LogP contribution in [0.15, 0.2) is 12.3 Å². The van der Waals surface area contributed by atoms with Gasteiger partial charge in [-0.15, -0.1) is 0 Å². The van der Waals surface area contributed by atoms with E-state index in [0.717, 1.165) is 41.8 Å². The van der Waals surface area contributed by atoms with Crippen LogP contribution in [0.1, 0.15) is 0 Å². The fourth-order valence-corrected chi connectivity index (χ4v) is 2.74. The summed E-state index contributed by atoms with van der Waals surface area (Å²) in [5.74, 6) is 0. The van der Waals surface area contributed by atoms with Crippen LogP contribution < -0.4 is 10.6 Å². The molecule has 2 N–H and O–H groups in total. The van der Waals surface area contributed by atoms with Crippen LogP contribution in [0.3, 0.4) is 0 Å². The predicted octanol–water partition coefficient (Wildman–Crippen LogP) is 1.11. The Morgan fingerprint density at radius 3 is 3.00 bits per heavy atom. The summed E-state index contributed by atoms with van der Waals surface area (Å²) in [6, 6.07) is 1.92. The SMILES string of the molecule is Nc1cnc2nc(N3CCOCC3)sc2c1. The number of hydrogen-bond donors (Lipinski definition) is 1. The summed E-state index contributed by atoms with van der Waals surface area (Å²) in [5, 5.41) is 1.01. The van der Waals surface area contributed by atoms with Gasteiger partial charge in [-0.3, -0.25) is 0 Å². The fraction of sp³-hybridized carbons (Fsp3) is 0.400. The van der Waals surface area contributed by atoms with E-state index in [2.05, 4.69) is 14.9 Å². The molecule has 2 aromatic rings. The van der Waals surface area contributed by atoms with Gasteiger partial charge in [0.2, 0.25) is 0 Å². The Morgan fingerprint density at radius 2 is 2.19 bits per heavy atom. The molecule has 2 aromatic heterocycles. The van der Waals surface area contributed by atoms with Crippen molar-refractivity contribution < 1.29 is 4.74 Å². The summed E-state index contributed by atoms with van der Waals surface area (Å²) in [6.45, 7) is 3.33. The highest BCUT2D eigenvalue weighted by Crippen LogP contribution is 2.28. The number of ether oxygens (including phenoxy) is 1. The quantitative estimate of drug-likeness (QED) is 0.803. The maximum Gasteiger partial charge on any atom is 0.188 e. The molecule has 0 atom stereocenters. The lowest BCUT2D eigenvalue weighted by atomic mass is 10.4. The standard InChI is InChI=1S/C10H12N4OS/c11-7-5-8-9(12-6-7)13-10(16-8)14-1-3-15-4-2-14/h5-6H,1-4,11H2. The molecular weight excluding hydrogens is 224 g/mol. The highest BCUT2D eigenvalue weighted by molar-refractivity contribution is 7.22. The number of anilines is 2. The zero-order valence-electron chi connectivity index (χ0n) is 8.72. The molecule has 1 saturated heterocycles. The van der Waals surface area contributed by atoms with E-state index in [-0.39, 0.29) is 0 Å². The summed E-state index contributed by atoms with van der Waals surface area (Å²) in [5.41, 5.74) is 7.16. The molecule has 3 heterocycles. The maximum absolute atomic E-state index is 5.69. The molecule has 0 spiro atoms. The molecule has 16 heavy (non-hydrogen) atoms. The summed E-state index contributed by atoms with van der Waals surface area (Å²) >= 11 is 1.63. The second kappa shape index (κ2) is 3.88. The van der Waals surface area contributed by atoms with Crippen LogP contribution in [0.5, 0.6) is 0 Å². The van der Waals surface area contributed by atoms with Gasteiger partial charge in [0, 0.05) is 13.1 Å². The smallest absolute Gasteiger partial charge is 0.188 e. The molecule has 0 saturated carbocycles. The Hall–Kier alpha value is -1.40. The van der Waals surface area contributed by atoms with E-state index >= 15 is 0 Å². The third kappa shape index (κ3) is 1.70. The maximum atomic E-state index is 5.69. The van der Waals surface area contributed by atoms with E-state index in [4.69, 9.17) is 10.5 Å². The van der Waals surface area contributed by atoms with Crippen molar-refractivity contribution >= 4 is 32.5 Å². The van der Waals surface area contributed by atoms with Crippen molar-refractivity contribution in [3.8, 4) is 0 Å². The average molecular weight is 236 g/mol. The molecule has 1 aliphatic heterocycles. The Balaban J connectivity index is 1.97. The van der Waals surface area contributed by atoms with Gasteiger partial charge in [0.05, 0.1) is 29.8 Å². The first kappa shape index (κ1) is 9.80. The Morgan fingerprint density at radius 1 is 1.38 bits per heavy atom. The number of aromatic nitrogens is 2. The number of thiazole rings is 1. The number of rotatable bonds is 1. The van der Waals surface area contributed by atoms with Crippen LogP contribution >= 0.6 is 11.3 Å².